The SMILES string of the molecule is Cc1[nH]nc(C(=O)Cc2cnc3[nH]c(-c4ccc(N5CCCCC5)nc4)cc3c2)c1C. The summed E-state index contributed by atoms with van der Waals surface area (Å²) in [5.41, 5.74) is 6.02. The highest BCUT2D eigenvalue weighted by Gasteiger charge is 2.16. The van der Waals surface area contributed by atoms with Crippen LogP contribution in [0.1, 0.15) is 46.6 Å². The average Bonchev–Trinajstić information content (AvgIpc) is 3.37. The molecule has 0 spiro atoms. The van der Waals surface area contributed by atoms with Crippen molar-refractivity contribution in [1.29, 1.82) is 0 Å². The van der Waals surface area contributed by atoms with E-state index in [1.807, 2.05) is 26.1 Å². The Labute approximate surface area is 180 Å². The van der Waals surface area contributed by atoms with E-state index in [1.54, 1.807) is 6.20 Å². The predicted octanol–water partition coefficient (Wildman–Crippen LogP) is 4.38. The van der Waals surface area contributed by atoms with Crippen molar-refractivity contribution < 1.29 is 4.79 Å². The molecule has 0 amide bonds. The van der Waals surface area contributed by atoms with Gasteiger partial charge in [-0.05, 0) is 62.9 Å². The lowest BCUT2D eigenvalue weighted by Gasteiger charge is -2.27. The van der Waals surface area contributed by atoms with Gasteiger partial charge in [-0.1, -0.05) is 0 Å². The van der Waals surface area contributed by atoms with Crippen molar-refractivity contribution in [3.05, 3.63) is 59.2 Å². The maximum Gasteiger partial charge on any atom is 0.187 e. The number of carbonyl (C=O) groups is 1. The predicted molar refractivity (Wildman–Crippen MR) is 121 cm³/mol. The zero-order chi connectivity index (χ0) is 21.4. The van der Waals surface area contributed by atoms with Gasteiger partial charge in [0, 0.05) is 59.8 Å². The Morgan fingerprint density at radius 3 is 2.61 bits per heavy atom. The van der Waals surface area contributed by atoms with E-state index in [1.165, 1.54) is 19.3 Å². The first-order valence-electron chi connectivity index (χ1n) is 10.8. The van der Waals surface area contributed by atoms with Gasteiger partial charge in [-0.25, -0.2) is 9.97 Å². The first-order valence-corrected chi connectivity index (χ1v) is 10.8. The van der Waals surface area contributed by atoms with Crippen LogP contribution in [0.25, 0.3) is 22.3 Å². The van der Waals surface area contributed by atoms with Crippen LogP contribution in [-0.2, 0) is 6.42 Å². The van der Waals surface area contributed by atoms with Gasteiger partial charge in [0.1, 0.15) is 17.2 Å². The number of nitrogens with zero attached hydrogens (tertiary/aromatic N) is 4. The van der Waals surface area contributed by atoms with Crippen LogP contribution in [-0.4, -0.2) is 44.0 Å². The number of anilines is 1. The second-order valence-corrected chi connectivity index (χ2v) is 8.34. The summed E-state index contributed by atoms with van der Waals surface area (Å²) in [4.78, 5) is 27.6. The summed E-state index contributed by atoms with van der Waals surface area (Å²) in [6.07, 6.45) is 7.74. The van der Waals surface area contributed by atoms with Crippen LogP contribution >= 0.6 is 0 Å². The number of fused-ring (bicyclic) bond motifs is 1. The van der Waals surface area contributed by atoms with Crippen LogP contribution < -0.4 is 4.90 Å². The molecule has 1 saturated heterocycles. The van der Waals surface area contributed by atoms with Gasteiger partial charge in [-0.2, -0.15) is 5.10 Å². The minimum absolute atomic E-state index is 0.00346. The number of carbonyl (C=O) groups excluding carboxylic acids is 1. The maximum atomic E-state index is 12.6. The molecule has 7 nitrogen and oxygen atoms in total. The number of ketones is 1. The summed E-state index contributed by atoms with van der Waals surface area (Å²) >= 11 is 0. The summed E-state index contributed by atoms with van der Waals surface area (Å²) in [6, 6.07) is 8.29. The Morgan fingerprint density at radius 2 is 1.90 bits per heavy atom. The van der Waals surface area contributed by atoms with Gasteiger partial charge in [-0.3, -0.25) is 9.89 Å². The van der Waals surface area contributed by atoms with Crippen molar-refractivity contribution in [3.8, 4) is 11.3 Å². The van der Waals surface area contributed by atoms with E-state index >= 15 is 0 Å². The van der Waals surface area contributed by atoms with Crippen molar-refractivity contribution in [3.63, 3.8) is 0 Å². The molecule has 5 heterocycles. The monoisotopic (exact) mass is 414 g/mol. The second kappa shape index (κ2) is 7.98. The van der Waals surface area contributed by atoms with Crippen molar-refractivity contribution in [2.45, 2.75) is 39.5 Å². The molecule has 4 aromatic rings. The molecule has 4 aromatic heterocycles. The molecule has 0 atom stereocenters. The van der Waals surface area contributed by atoms with Crippen molar-refractivity contribution in [2.75, 3.05) is 18.0 Å². The lowest BCUT2D eigenvalue weighted by Crippen LogP contribution is -2.29. The number of aromatic amines is 2. The van der Waals surface area contributed by atoms with Crippen molar-refractivity contribution in [2.24, 2.45) is 0 Å². The number of aryl methyl sites for hydroxylation is 1. The topological polar surface area (TPSA) is 90.6 Å². The Kier molecular flexibility index (Phi) is 5.02. The molecule has 0 aliphatic carbocycles. The number of Topliss-reactive ketones (excluding diaryl/α,β-unsaturated/α-hetero) is 1. The quantitative estimate of drug-likeness (QED) is 0.473. The number of piperidine rings is 1. The Hall–Kier alpha value is -3.48. The van der Waals surface area contributed by atoms with E-state index in [4.69, 9.17) is 0 Å². The highest BCUT2D eigenvalue weighted by atomic mass is 16.1. The van der Waals surface area contributed by atoms with Crippen LogP contribution in [0.3, 0.4) is 0 Å². The van der Waals surface area contributed by atoms with Gasteiger partial charge in [0.05, 0.1) is 0 Å². The largest absolute Gasteiger partial charge is 0.357 e. The van der Waals surface area contributed by atoms with Gasteiger partial charge < -0.3 is 9.88 Å². The summed E-state index contributed by atoms with van der Waals surface area (Å²) in [7, 11) is 0. The molecule has 0 aromatic carbocycles. The first kappa shape index (κ1) is 19.5. The highest BCUT2D eigenvalue weighted by Crippen LogP contribution is 2.26. The van der Waals surface area contributed by atoms with Crippen LogP contribution in [0.5, 0.6) is 0 Å². The Balaban J connectivity index is 1.35. The summed E-state index contributed by atoms with van der Waals surface area (Å²) in [5, 5.41) is 8.01. The number of hydrogen-bond acceptors (Lipinski definition) is 5. The molecule has 1 fully saturated rings. The molecule has 7 heteroatoms. The summed E-state index contributed by atoms with van der Waals surface area (Å²) < 4.78 is 0. The Morgan fingerprint density at radius 1 is 1.06 bits per heavy atom. The van der Waals surface area contributed by atoms with Crippen LogP contribution in [0, 0.1) is 13.8 Å². The van der Waals surface area contributed by atoms with Crippen molar-refractivity contribution in [1.82, 2.24) is 25.1 Å². The third-order valence-corrected chi connectivity index (χ3v) is 6.15. The number of aromatic nitrogens is 5. The molecule has 0 bridgehead atoms. The average molecular weight is 415 g/mol. The normalized spacial score (nSPS) is 14.3. The van der Waals surface area contributed by atoms with E-state index in [-0.39, 0.29) is 12.2 Å². The van der Waals surface area contributed by atoms with E-state index in [2.05, 4.69) is 48.2 Å². The van der Waals surface area contributed by atoms with Gasteiger partial charge in [0.2, 0.25) is 0 Å². The van der Waals surface area contributed by atoms with Gasteiger partial charge >= 0.3 is 0 Å². The van der Waals surface area contributed by atoms with Crippen LogP contribution in [0.15, 0.2) is 36.7 Å². The molecule has 158 valence electrons. The number of H-pyrrole nitrogens is 2. The molecule has 2 N–H and O–H groups in total. The summed E-state index contributed by atoms with van der Waals surface area (Å²) in [5.74, 6) is 1.04. The third-order valence-electron chi connectivity index (χ3n) is 6.15. The zero-order valence-corrected chi connectivity index (χ0v) is 17.9. The molecule has 5 rings (SSSR count). The van der Waals surface area contributed by atoms with Gasteiger partial charge in [-0.15, -0.1) is 0 Å². The molecule has 0 saturated carbocycles. The highest BCUT2D eigenvalue weighted by molar-refractivity contribution is 5.97. The molecular weight excluding hydrogens is 388 g/mol. The molecule has 1 aliphatic rings. The zero-order valence-electron chi connectivity index (χ0n) is 17.9. The second-order valence-electron chi connectivity index (χ2n) is 8.34. The standard InChI is InChI=1S/C24H26N6O/c1-15-16(2)28-29-23(15)21(31)11-17-10-19-12-20(27-24(19)26-13-17)18-6-7-22(25-14-18)30-8-4-3-5-9-30/h6-7,10,12-14H,3-5,8-9,11H2,1-2H3,(H,26,27)(H,28,29). The molecule has 0 radical (unpaired) electrons. The minimum atomic E-state index is -0.00346. The lowest BCUT2D eigenvalue weighted by molar-refractivity contribution is 0.0987. The third kappa shape index (κ3) is 3.83. The molecule has 31 heavy (non-hydrogen) atoms. The first-order chi connectivity index (χ1) is 15.1. The van der Waals surface area contributed by atoms with E-state index < -0.39 is 0 Å². The van der Waals surface area contributed by atoms with Crippen LogP contribution in [0.4, 0.5) is 5.82 Å². The van der Waals surface area contributed by atoms with Gasteiger partial charge in [0.15, 0.2) is 5.78 Å². The number of rotatable bonds is 5. The maximum absolute atomic E-state index is 12.6. The van der Waals surface area contributed by atoms with E-state index in [0.717, 1.165) is 58.0 Å². The number of nitrogens with one attached hydrogen (secondary N) is 2. The number of hydrogen-bond donors (Lipinski definition) is 2. The fraction of sp³-hybridized carbons (Fsp3) is 0.333. The molecular formula is C24H26N6O. The summed E-state index contributed by atoms with van der Waals surface area (Å²) in [6.45, 7) is 6.00. The Bertz CT molecular complexity index is 1230. The number of pyridine rings is 2. The van der Waals surface area contributed by atoms with Crippen LogP contribution in [0.2, 0.25) is 0 Å². The van der Waals surface area contributed by atoms with Crippen molar-refractivity contribution >= 4 is 22.6 Å². The van der Waals surface area contributed by atoms with E-state index in [0.29, 0.717) is 5.69 Å². The fourth-order valence-corrected chi connectivity index (χ4v) is 4.19. The molecule has 1 aliphatic heterocycles. The molecule has 0 unspecified atom stereocenters. The minimum Gasteiger partial charge on any atom is -0.357 e. The van der Waals surface area contributed by atoms with E-state index in [9.17, 15) is 4.79 Å². The lowest BCUT2D eigenvalue weighted by atomic mass is 10.0. The van der Waals surface area contributed by atoms with Gasteiger partial charge in [0.25, 0.3) is 0 Å². The fourth-order valence-electron chi connectivity index (χ4n) is 4.19. The smallest absolute Gasteiger partial charge is 0.187 e.